The molecule has 0 spiro atoms. The number of nitrogens with one attached hydrogen (secondary N) is 1. The number of rotatable bonds is 4. The van der Waals surface area contributed by atoms with Crippen LogP contribution in [0.4, 0.5) is 0 Å². The lowest BCUT2D eigenvalue weighted by atomic mass is 10.2. The molecule has 0 bridgehead atoms. The molecule has 0 aliphatic heterocycles. The quantitative estimate of drug-likeness (QED) is 0.714. The molecule has 0 unspecified atom stereocenters. The minimum atomic E-state index is -0.133. The summed E-state index contributed by atoms with van der Waals surface area (Å²) >= 11 is 0. The number of aliphatic hydroxyl groups is 1. The molecule has 0 aromatic heterocycles. The van der Waals surface area contributed by atoms with Crippen molar-refractivity contribution in [2.75, 3.05) is 6.54 Å². The Labute approximate surface area is 83.1 Å². The van der Waals surface area contributed by atoms with Gasteiger partial charge in [-0.05, 0) is 12.1 Å². The van der Waals surface area contributed by atoms with Gasteiger partial charge in [0.2, 0.25) is 0 Å². The van der Waals surface area contributed by atoms with E-state index in [-0.39, 0.29) is 11.7 Å². The molecule has 0 saturated heterocycles. The zero-order valence-corrected chi connectivity index (χ0v) is 7.86. The van der Waals surface area contributed by atoms with E-state index in [0.29, 0.717) is 18.5 Å². The highest BCUT2D eigenvalue weighted by molar-refractivity contribution is 5.94. The molecule has 1 amide bonds. The van der Waals surface area contributed by atoms with Gasteiger partial charge in [-0.15, -0.1) is 0 Å². The molecule has 0 aliphatic rings. The molecule has 74 valence electrons. The van der Waals surface area contributed by atoms with Crippen LogP contribution < -0.4 is 5.32 Å². The Morgan fingerprint density at radius 2 is 2.00 bits per heavy atom. The van der Waals surface area contributed by atoms with Gasteiger partial charge < -0.3 is 10.4 Å². The summed E-state index contributed by atoms with van der Waals surface area (Å²) in [5.74, 6) is -0.0507. The fraction of sp³-hybridized carbons (Fsp3) is 0.182. The first-order valence-corrected chi connectivity index (χ1v) is 4.40. The average Bonchev–Trinajstić information content (AvgIpc) is 2.18. The third kappa shape index (κ3) is 3.31. The summed E-state index contributed by atoms with van der Waals surface area (Å²) in [5, 5.41) is 11.5. The normalized spacial score (nSPS) is 9.43. The molecule has 0 aliphatic carbocycles. The summed E-state index contributed by atoms with van der Waals surface area (Å²) in [7, 11) is 0. The van der Waals surface area contributed by atoms with Gasteiger partial charge in [0.15, 0.2) is 0 Å². The van der Waals surface area contributed by atoms with Crippen molar-refractivity contribution in [1.29, 1.82) is 0 Å². The third-order valence-corrected chi connectivity index (χ3v) is 1.74. The van der Waals surface area contributed by atoms with Crippen molar-refractivity contribution in [2.24, 2.45) is 0 Å². The van der Waals surface area contributed by atoms with Gasteiger partial charge in [0.1, 0.15) is 0 Å². The SMILES string of the molecule is C=C(O)CCNC(=O)c1ccccc1. The van der Waals surface area contributed by atoms with Crippen LogP contribution in [0.2, 0.25) is 0 Å². The van der Waals surface area contributed by atoms with Crippen LogP contribution >= 0.6 is 0 Å². The largest absolute Gasteiger partial charge is 0.513 e. The minimum absolute atomic E-state index is 0.0818. The number of amides is 1. The van der Waals surface area contributed by atoms with Crippen LogP contribution in [-0.4, -0.2) is 17.6 Å². The number of hydrogen-bond donors (Lipinski definition) is 2. The molecule has 1 aromatic carbocycles. The minimum Gasteiger partial charge on any atom is -0.513 e. The molecule has 3 heteroatoms. The average molecular weight is 191 g/mol. The van der Waals surface area contributed by atoms with Crippen molar-refractivity contribution in [3.63, 3.8) is 0 Å². The standard InChI is InChI=1S/C11H13NO2/c1-9(13)7-8-12-11(14)10-5-3-2-4-6-10/h2-6,13H,1,7-8H2,(H,12,14). The van der Waals surface area contributed by atoms with Crippen molar-refractivity contribution in [3.8, 4) is 0 Å². The number of carbonyl (C=O) groups excluding carboxylic acids is 1. The highest BCUT2D eigenvalue weighted by atomic mass is 16.3. The summed E-state index contributed by atoms with van der Waals surface area (Å²) in [6, 6.07) is 8.94. The summed E-state index contributed by atoms with van der Waals surface area (Å²) in [6.07, 6.45) is 0.387. The van der Waals surface area contributed by atoms with Crippen LogP contribution in [0.15, 0.2) is 42.7 Å². The van der Waals surface area contributed by atoms with E-state index in [4.69, 9.17) is 5.11 Å². The van der Waals surface area contributed by atoms with Gasteiger partial charge in [-0.2, -0.15) is 0 Å². The molecule has 0 radical (unpaired) electrons. The molecular formula is C11H13NO2. The summed E-state index contributed by atoms with van der Waals surface area (Å²) in [6.45, 7) is 3.73. The molecule has 1 rings (SSSR count). The summed E-state index contributed by atoms with van der Waals surface area (Å²) in [4.78, 5) is 11.4. The van der Waals surface area contributed by atoms with E-state index in [9.17, 15) is 4.79 Å². The van der Waals surface area contributed by atoms with Crippen molar-refractivity contribution in [1.82, 2.24) is 5.32 Å². The Hall–Kier alpha value is -1.77. The van der Waals surface area contributed by atoms with Crippen LogP contribution in [0.25, 0.3) is 0 Å². The Morgan fingerprint density at radius 1 is 1.36 bits per heavy atom. The van der Waals surface area contributed by atoms with Crippen molar-refractivity contribution < 1.29 is 9.90 Å². The molecule has 2 N–H and O–H groups in total. The number of aliphatic hydroxyl groups excluding tert-OH is 1. The third-order valence-electron chi connectivity index (χ3n) is 1.74. The fourth-order valence-electron chi connectivity index (χ4n) is 1.01. The lowest BCUT2D eigenvalue weighted by Crippen LogP contribution is -2.24. The van der Waals surface area contributed by atoms with Crippen molar-refractivity contribution in [2.45, 2.75) is 6.42 Å². The van der Waals surface area contributed by atoms with Crippen LogP contribution in [0, 0.1) is 0 Å². The number of carbonyl (C=O) groups is 1. The number of benzene rings is 1. The fourth-order valence-corrected chi connectivity index (χ4v) is 1.01. The lowest BCUT2D eigenvalue weighted by Gasteiger charge is -2.03. The van der Waals surface area contributed by atoms with Crippen LogP contribution in [0.3, 0.4) is 0 Å². The molecule has 1 aromatic rings. The Morgan fingerprint density at radius 3 is 2.57 bits per heavy atom. The first kappa shape index (κ1) is 10.3. The van der Waals surface area contributed by atoms with E-state index < -0.39 is 0 Å². The molecule has 3 nitrogen and oxygen atoms in total. The molecular weight excluding hydrogens is 178 g/mol. The van der Waals surface area contributed by atoms with Crippen LogP contribution in [-0.2, 0) is 0 Å². The van der Waals surface area contributed by atoms with Gasteiger partial charge in [0.25, 0.3) is 5.91 Å². The van der Waals surface area contributed by atoms with Crippen LogP contribution in [0.5, 0.6) is 0 Å². The maximum absolute atomic E-state index is 11.4. The zero-order valence-electron chi connectivity index (χ0n) is 7.86. The maximum atomic E-state index is 11.4. The lowest BCUT2D eigenvalue weighted by molar-refractivity contribution is 0.0953. The second-order valence-corrected chi connectivity index (χ2v) is 2.94. The van der Waals surface area contributed by atoms with E-state index >= 15 is 0 Å². The van der Waals surface area contributed by atoms with Gasteiger partial charge >= 0.3 is 0 Å². The smallest absolute Gasteiger partial charge is 0.251 e. The van der Waals surface area contributed by atoms with Gasteiger partial charge in [-0.25, -0.2) is 0 Å². The van der Waals surface area contributed by atoms with E-state index in [1.165, 1.54) is 0 Å². The van der Waals surface area contributed by atoms with Gasteiger partial charge in [-0.3, -0.25) is 4.79 Å². The first-order chi connectivity index (χ1) is 6.70. The summed E-state index contributed by atoms with van der Waals surface area (Å²) < 4.78 is 0. The monoisotopic (exact) mass is 191 g/mol. The first-order valence-electron chi connectivity index (χ1n) is 4.40. The highest BCUT2D eigenvalue weighted by Gasteiger charge is 2.02. The Bertz CT molecular complexity index is 319. The number of hydrogen-bond acceptors (Lipinski definition) is 2. The molecule has 14 heavy (non-hydrogen) atoms. The van der Waals surface area contributed by atoms with E-state index in [0.717, 1.165) is 0 Å². The topological polar surface area (TPSA) is 49.3 Å². The van der Waals surface area contributed by atoms with Crippen LogP contribution in [0.1, 0.15) is 16.8 Å². The summed E-state index contributed by atoms with van der Waals surface area (Å²) in [5.41, 5.74) is 0.621. The second kappa shape index (κ2) is 5.07. The van der Waals surface area contributed by atoms with Gasteiger partial charge in [-0.1, -0.05) is 24.8 Å². The zero-order chi connectivity index (χ0) is 10.4. The van der Waals surface area contributed by atoms with E-state index in [1.54, 1.807) is 24.3 Å². The van der Waals surface area contributed by atoms with E-state index in [1.807, 2.05) is 6.07 Å². The molecule has 0 atom stereocenters. The second-order valence-electron chi connectivity index (χ2n) is 2.94. The Balaban J connectivity index is 2.40. The molecule has 0 heterocycles. The van der Waals surface area contributed by atoms with Crippen molar-refractivity contribution in [3.05, 3.63) is 48.2 Å². The maximum Gasteiger partial charge on any atom is 0.251 e. The molecule has 0 fully saturated rings. The molecule has 0 saturated carbocycles. The Kier molecular flexibility index (Phi) is 3.73. The predicted molar refractivity (Wildman–Crippen MR) is 55.2 cm³/mol. The van der Waals surface area contributed by atoms with Gasteiger partial charge in [0.05, 0.1) is 5.76 Å². The van der Waals surface area contributed by atoms with E-state index in [2.05, 4.69) is 11.9 Å². The predicted octanol–water partition coefficient (Wildman–Crippen LogP) is 1.88. The van der Waals surface area contributed by atoms with Crippen molar-refractivity contribution >= 4 is 5.91 Å². The highest BCUT2D eigenvalue weighted by Crippen LogP contribution is 1.98. The van der Waals surface area contributed by atoms with Gasteiger partial charge in [0, 0.05) is 18.5 Å².